The first-order valence-corrected chi connectivity index (χ1v) is 5.33. The van der Waals surface area contributed by atoms with Crippen molar-refractivity contribution >= 4 is 38.5 Å². The van der Waals surface area contributed by atoms with Crippen LogP contribution in [0.2, 0.25) is 0 Å². The monoisotopic (exact) mass is 324 g/mol. The molecule has 0 nitrogen and oxygen atoms in total. The Morgan fingerprint density at radius 1 is 1.18 bits per heavy atom. The van der Waals surface area contributed by atoms with Crippen LogP contribution in [-0.4, -0.2) is 0 Å². The fourth-order valence-corrected chi connectivity index (χ4v) is 2.20. The molecule has 0 aliphatic heterocycles. The highest BCUT2D eigenvalue weighted by molar-refractivity contribution is 14.1. The summed E-state index contributed by atoms with van der Waals surface area (Å²) in [5, 5.41) is 0. The van der Waals surface area contributed by atoms with E-state index in [-0.39, 0.29) is 0 Å². The van der Waals surface area contributed by atoms with Gasteiger partial charge in [0.2, 0.25) is 0 Å². The maximum Gasteiger partial charge on any atom is 0.0314 e. The zero-order valence-corrected chi connectivity index (χ0v) is 10.6. The predicted molar refractivity (Wildman–Crippen MR) is 61.1 cm³/mol. The fourth-order valence-electron chi connectivity index (χ4n) is 1.00. The van der Waals surface area contributed by atoms with E-state index in [0.29, 0.717) is 0 Å². The van der Waals surface area contributed by atoms with Crippen molar-refractivity contribution in [1.82, 2.24) is 0 Å². The topological polar surface area (TPSA) is 0 Å². The Balaban J connectivity index is 3.46. The molecule has 60 valence electrons. The normalized spacial score (nSPS) is 10.3. The molecular weight excluding hydrogens is 315 g/mol. The average Bonchev–Trinajstić information content (AvgIpc) is 1.97. The second-order valence-corrected chi connectivity index (χ2v) is 4.67. The van der Waals surface area contributed by atoms with E-state index in [9.17, 15) is 0 Å². The molecule has 2 heteroatoms. The minimum atomic E-state index is 1.21. The molecule has 0 aliphatic carbocycles. The van der Waals surface area contributed by atoms with Crippen LogP contribution < -0.4 is 0 Å². The van der Waals surface area contributed by atoms with Crippen LogP contribution in [0.1, 0.15) is 16.7 Å². The van der Waals surface area contributed by atoms with E-state index in [1.807, 2.05) is 0 Å². The van der Waals surface area contributed by atoms with Crippen molar-refractivity contribution in [2.45, 2.75) is 20.8 Å². The summed E-state index contributed by atoms with van der Waals surface area (Å²) >= 11 is 5.89. The molecule has 0 atom stereocenters. The second-order valence-electron chi connectivity index (χ2n) is 2.74. The first-order chi connectivity index (χ1) is 5.04. The molecule has 0 saturated carbocycles. The molecule has 0 unspecified atom stereocenters. The quantitative estimate of drug-likeness (QED) is 0.633. The van der Waals surface area contributed by atoms with Gasteiger partial charge < -0.3 is 0 Å². The first kappa shape index (κ1) is 9.52. The summed E-state index contributed by atoms with van der Waals surface area (Å²) in [4.78, 5) is 0. The van der Waals surface area contributed by atoms with Crippen molar-refractivity contribution in [1.29, 1.82) is 0 Å². The molecule has 1 aromatic rings. The van der Waals surface area contributed by atoms with Crippen molar-refractivity contribution < 1.29 is 0 Å². The van der Waals surface area contributed by atoms with E-state index in [1.54, 1.807) is 0 Å². The zero-order chi connectivity index (χ0) is 8.59. The summed E-state index contributed by atoms with van der Waals surface area (Å²) in [6.45, 7) is 6.47. The SMILES string of the molecule is Cc1cc(Br)c(I)c(C)c1C. The average molecular weight is 325 g/mol. The van der Waals surface area contributed by atoms with Gasteiger partial charge in [-0.1, -0.05) is 0 Å². The van der Waals surface area contributed by atoms with Gasteiger partial charge in [-0.3, -0.25) is 0 Å². The van der Waals surface area contributed by atoms with Crippen LogP contribution >= 0.6 is 38.5 Å². The number of halogens is 2. The summed E-state index contributed by atoms with van der Waals surface area (Å²) in [6.07, 6.45) is 0. The molecule has 0 radical (unpaired) electrons. The number of benzene rings is 1. The van der Waals surface area contributed by atoms with Crippen molar-refractivity contribution in [3.8, 4) is 0 Å². The summed E-state index contributed by atoms with van der Waals surface area (Å²) in [5.74, 6) is 0. The van der Waals surface area contributed by atoms with Gasteiger partial charge in [0.15, 0.2) is 0 Å². The molecular formula is C9H10BrI. The van der Waals surface area contributed by atoms with E-state index in [2.05, 4.69) is 65.4 Å². The van der Waals surface area contributed by atoms with Gasteiger partial charge in [0.25, 0.3) is 0 Å². The Hall–Kier alpha value is 0.430. The van der Waals surface area contributed by atoms with Crippen LogP contribution in [0.3, 0.4) is 0 Å². The van der Waals surface area contributed by atoms with E-state index < -0.39 is 0 Å². The lowest BCUT2D eigenvalue weighted by atomic mass is 10.1. The lowest BCUT2D eigenvalue weighted by Gasteiger charge is -2.08. The molecule has 0 aliphatic rings. The van der Waals surface area contributed by atoms with Gasteiger partial charge in [0.05, 0.1) is 0 Å². The van der Waals surface area contributed by atoms with Gasteiger partial charge in [-0.25, -0.2) is 0 Å². The third-order valence-corrected chi connectivity index (χ3v) is 4.79. The Kier molecular flexibility index (Phi) is 2.97. The van der Waals surface area contributed by atoms with Crippen LogP contribution in [0.5, 0.6) is 0 Å². The van der Waals surface area contributed by atoms with Crippen molar-refractivity contribution in [2.75, 3.05) is 0 Å². The lowest BCUT2D eigenvalue weighted by Crippen LogP contribution is -1.90. The second kappa shape index (κ2) is 3.44. The van der Waals surface area contributed by atoms with Crippen LogP contribution in [0.25, 0.3) is 0 Å². The zero-order valence-electron chi connectivity index (χ0n) is 6.83. The number of hydrogen-bond acceptors (Lipinski definition) is 0. The van der Waals surface area contributed by atoms with Crippen LogP contribution in [0, 0.1) is 24.3 Å². The minimum Gasteiger partial charge on any atom is -0.0497 e. The molecule has 0 saturated heterocycles. The van der Waals surface area contributed by atoms with Crippen molar-refractivity contribution in [2.24, 2.45) is 0 Å². The van der Waals surface area contributed by atoms with Gasteiger partial charge in [0, 0.05) is 8.04 Å². The number of hydrogen-bond donors (Lipinski definition) is 0. The van der Waals surface area contributed by atoms with Crippen molar-refractivity contribution in [3.05, 3.63) is 30.8 Å². The fraction of sp³-hybridized carbons (Fsp3) is 0.333. The van der Waals surface area contributed by atoms with E-state index in [1.165, 1.54) is 24.7 Å². The molecule has 0 spiro atoms. The maximum absolute atomic E-state index is 3.52. The molecule has 0 bridgehead atoms. The van der Waals surface area contributed by atoms with Gasteiger partial charge >= 0.3 is 0 Å². The number of rotatable bonds is 0. The van der Waals surface area contributed by atoms with E-state index in [4.69, 9.17) is 0 Å². The molecule has 0 aromatic heterocycles. The molecule has 11 heavy (non-hydrogen) atoms. The van der Waals surface area contributed by atoms with Gasteiger partial charge in [-0.15, -0.1) is 0 Å². The molecule has 0 amide bonds. The minimum absolute atomic E-state index is 1.21. The Bertz CT molecular complexity index is 266. The smallest absolute Gasteiger partial charge is 0.0314 e. The standard InChI is InChI=1S/C9H10BrI/c1-5-4-8(10)9(11)7(3)6(5)2/h4H,1-3H3. The third kappa shape index (κ3) is 1.78. The van der Waals surface area contributed by atoms with Crippen molar-refractivity contribution in [3.63, 3.8) is 0 Å². The molecule has 0 heterocycles. The summed E-state index contributed by atoms with van der Waals surface area (Å²) < 4.78 is 2.53. The van der Waals surface area contributed by atoms with Crippen LogP contribution in [0.4, 0.5) is 0 Å². The first-order valence-electron chi connectivity index (χ1n) is 3.46. The van der Waals surface area contributed by atoms with E-state index >= 15 is 0 Å². The highest BCUT2D eigenvalue weighted by Crippen LogP contribution is 2.27. The Morgan fingerprint density at radius 2 is 1.73 bits per heavy atom. The summed E-state index contributed by atoms with van der Waals surface area (Å²) in [5.41, 5.74) is 4.14. The predicted octanol–water partition coefficient (Wildman–Crippen LogP) is 3.98. The van der Waals surface area contributed by atoms with Crippen LogP contribution in [-0.2, 0) is 0 Å². The number of aryl methyl sites for hydroxylation is 1. The largest absolute Gasteiger partial charge is 0.0497 e. The molecule has 1 aromatic carbocycles. The third-order valence-electron chi connectivity index (χ3n) is 2.04. The van der Waals surface area contributed by atoms with Crippen LogP contribution in [0.15, 0.2) is 10.5 Å². The molecule has 0 fully saturated rings. The maximum atomic E-state index is 3.52. The lowest BCUT2D eigenvalue weighted by molar-refractivity contribution is 1.23. The summed E-state index contributed by atoms with van der Waals surface area (Å²) in [7, 11) is 0. The van der Waals surface area contributed by atoms with E-state index in [0.717, 1.165) is 0 Å². The molecule has 1 rings (SSSR count). The van der Waals surface area contributed by atoms with Gasteiger partial charge in [-0.2, -0.15) is 0 Å². The molecule has 0 N–H and O–H groups in total. The highest BCUT2D eigenvalue weighted by Gasteiger charge is 2.04. The summed E-state index contributed by atoms with van der Waals surface area (Å²) in [6, 6.07) is 2.17. The highest BCUT2D eigenvalue weighted by atomic mass is 127. The Labute approximate surface area is 89.7 Å². The Morgan fingerprint density at radius 3 is 2.27 bits per heavy atom. The van der Waals surface area contributed by atoms with Gasteiger partial charge in [0.1, 0.15) is 0 Å². The van der Waals surface area contributed by atoms with Gasteiger partial charge in [-0.05, 0) is 82.0 Å².